The number of rotatable bonds is 5. The standard InChI is InChI=1S/C16H16BrN3O3.ClH/c1-22-14-6-9(5-11(17)15(14)23-2)8-18-10-3-4-12-13(7-10)20-16(21)19-12;/h3-7,18H,8H2,1-2H3,(H2,19,20,21);1H/p-1. The third-order valence-electron chi connectivity index (χ3n) is 3.51. The molecule has 0 saturated carbocycles. The van der Waals surface area contributed by atoms with Gasteiger partial charge < -0.3 is 37.2 Å². The SMILES string of the molecule is COc1cc(CNc2ccc3[nH]c(=O)[nH]c3c2)cc(Br)c1OC.[Cl-]. The summed E-state index contributed by atoms with van der Waals surface area (Å²) in [4.78, 5) is 16.7. The van der Waals surface area contributed by atoms with E-state index in [1.165, 1.54) is 0 Å². The van der Waals surface area contributed by atoms with E-state index in [4.69, 9.17) is 9.47 Å². The number of hydrogen-bond acceptors (Lipinski definition) is 4. The van der Waals surface area contributed by atoms with E-state index in [-0.39, 0.29) is 18.1 Å². The van der Waals surface area contributed by atoms with Crippen LogP contribution in [-0.2, 0) is 6.54 Å². The van der Waals surface area contributed by atoms with Crippen molar-refractivity contribution in [2.75, 3.05) is 19.5 Å². The number of fused-ring (bicyclic) bond motifs is 1. The van der Waals surface area contributed by atoms with Crippen LogP contribution in [-0.4, -0.2) is 24.2 Å². The van der Waals surface area contributed by atoms with Gasteiger partial charge in [-0.2, -0.15) is 0 Å². The second kappa shape index (κ2) is 7.63. The molecule has 1 heterocycles. The third-order valence-corrected chi connectivity index (χ3v) is 4.09. The van der Waals surface area contributed by atoms with Crippen molar-refractivity contribution in [1.82, 2.24) is 9.97 Å². The highest BCUT2D eigenvalue weighted by molar-refractivity contribution is 9.10. The van der Waals surface area contributed by atoms with Crippen molar-refractivity contribution in [1.29, 1.82) is 0 Å². The fourth-order valence-corrected chi connectivity index (χ4v) is 3.07. The summed E-state index contributed by atoms with van der Waals surface area (Å²) >= 11 is 3.48. The second-order valence-electron chi connectivity index (χ2n) is 5.01. The molecule has 0 aliphatic carbocycles. The van der Waals surface area contributed by atoms with Crippen LogP contribution < -0.4 is 32.9 Å². The van der Waals surface area contributed by atoms with Gasteiger partial charge in [0.1, 0.15) is 0 Å². The Balaban J connectivity index is 0.00000208. The van der Waals surface area contributed by atoms with Gasteiger partial charge in [0.2, 0.25) is 0 Å². The molecule has 0 radical (unpaired) electrons. The quantitative estimate of drug-likeness (QED) is 0.560. The van der Waals surface area contributed by atoms with E-state index < -0.39 is 0 Å². The number of aromatic nitrogens is 2. The number of ether oxygens (including phenoxy) is 2. The number of benzene rings is 2. The molecule has 0 spiro atoms. The van der Waals surface area contributed by atoms with Gasteiger partial charge in [0.25, 0.3) is 0 Å². The molecule has 3 N–H and O–H groups in total. The van der Waals surface area contributed by atoms with Gasteiger partial charge in [-0.3, -0.25) is 0 Å². The molecule has 0 amide bonds. The van der Waals surface area contributed by atoms with Crippen molar-refractivity contribution in [2.24, 2.45) is 0 Å². The molecule has 3 aromatic rings. The molecule has 0 fully saturated rings. The number of anilines is 1. The fraction of sp³-hybridized carbons (Fsp3) is 0.188. The zero-order valence-electron chi connectivity index (χ0n) is 13.1. The Morgan fingerprint density at radius 3 is 2.54 bits per heavy atom. The van der Waals surface area contributed by atoms with Crippen LogP contribution in [0.25, 0.3) is 11.0 Å². The zero-order valence-corrected chi connectivity index (χ0v) is 15.4. The molecule has 8 heteroatoms. The van der Waals surface area contributed by atoms with Gasteiger partial charge in [0, 0.05) is 12.2 Å². The van der Waals surface area contributed by atoms with Gasteiger partial charge in [-0.1, -0.05) is 0 Å². The molecule has 3 rings (SSSR count). The van der Waals surface area contributed by atoms with Gasteiger partial charge in [-0.25, -0.2) is 4.79 Å². The Morgan fingerprint density at radius 2 is 1.83 bits per heavy atom. The molecule has 128 valence electrons. The highest BCUT2D eigenvalue weighted by atomic mass is 79.9. The van der Waals surface area contributed by atoms with Gasteiger partial charge >= 0.3 is 5.69 Å². The Hall–Kier alpha value is -2.12. The Morgan fingerprint density at radius 1 is 1.08 bits per heavy atom. The number of imidazole rings is 1. The van der Waals surface area contributed by atoms with E-state index in [1.54, 1.807) is 14.2 Å². The molecular formula is C16H16BrClN3O3-. The molecule has 2 aromatic carbocycles. The van der Waals surface area contributed by atoms with Crippen molar-refractivity contribution >= 4 is 32.7 Å². The van der Waals surface area contributed by atoms with E-state index in [9.17, 15) is 4.79 Å². The zero-order chi connectivity index (χ0) is 16.4. The lowest BCUT2D eigenvalue weighted by atomic mass is 10.2. The van der Waals surface area contributed by atoms with Crippen LogP contribution in [0, 0.1) is 0 Å². The summed E-state index contributed by atoms with van der Waals surface area (Å²) in [5.74, 6) is 1.34. The number of methoxy groups -OCH3 is 2. The van der Waals surface area contributed by atoms with Crippen LogP contribution in [0.4, 0.5) is 5.69 Å². The van der Waals surface area contributed by atoms with E-state index in [1.807, 2.05) is 30.3 Å². The largest absolute Gasteiger partial charge is 1.00 e. The minimum absolute atomic E-state index is 0. The Labute approximate surface area is 153 Å². The average Bonchev–Trinajstić information content (AvgIpc) is 2.91. The molecule has 24 heavy (non-hydrogen) atoms. The molecule has 0 atom stereocenters. The second-order valence-corrected chi connectivity index (χ2v) is 5.86. The molecule has 0 saturated heterocycles. The van der Waals surface area contributed by atoms with Crippen molar-refractivity contribution in [2.45, 2.75) is 6.54 Å². The highest BCUT2D eigenvalue weighted by Crippen LogP contribution is 2.36. The van der Waals surface area contributed by atoms with Crippen LogP contribution in [0.5, 0.6) is 11.5 Å². The van der Waals surface area contributed by atoms with E-state index in [0.717, 1.165) is 26.8 Å². The topological polar surface area (TPSA) is 79.1 Å². The van der Waals surface area contributed by atoms with Crippen molar-refractivity contribution in [3.8, 4) is 11.5 Å². The maximum Gasteiger partial charge on any atom is 0.323 e. The molecule has 0 unspecified atom stereocenters. The summed E-state index contributed by atoms with van der Waals surface area (Å²) in [6.07, 6.45) is 0. The summed E-state index contributed by atoms with van der Waals surface area (Å²) in [6.45, 7) is 0.610. The molecule has 0 aliphatic rings. The number of H-pyrrole nitrogens is 2. The van der Waals surface area contributed by atoms with Crippen molar-refractivity contribution < 1.29 is 21.9 Å². The highest BCUT2D eigenvalue weighted by Gasteiger charge is 2.10. The molecule has 6 nitrogen and oxygen atoms in total. The van der Waals surface area contributed by atoms with Crippen LogP contribution in [0.3, 0.4) is 0 Å². The first-order chi connectivity index (χ1) is 11.1. The molecule has 0 bridgehead atoms. The minimum atomic E-state index is -0.207. The lowest BCUT2D eigenvalue weighted by Gasteiger charge is -2.13. The smallest absolute Gasteiger partial charge is 0.323 e. The lowest BCUT2D eigenvalue weighted by Crippen LogP contribution is -3.00. The minimum Gasteiger partial charge on any atom is -1.00 e. The molecule has 1 aromatic heterocycles. The molecule has 0 aliphatic heterocycles. The van der Waals surface area contributed by atoms with Crippen LogP contribution in [0.1, 0.15) is 5.56 Å². The Bertz CT molecular complexity index is 907. The number of nitrogens with one attached hydrogen (secondary N) is 3. The van der Waals surface area contributed by atoms with Crippen LogP contribution in [0.15, 0.2) is 39.6 Å². The third kappa shape index (κ3) is 3.68. The summed E-state index contributed by atoms with van der Waals surface area (Å²) in [5, 5.41) is 3.33. The van der Waals surface area contributed by atoms with E-state index >= 15 is 0 Å². The van der Waals surface area contributed by atoms with E-state index in [0.29, 0.717) is 18.0 Å². The van der Waals surface area contributed by atoms with Crippen LogP contribution >= 0.6 is 15.9 Å². The monoisotopic (exact) mass is 412 g/mol. The molecular weight excluding hydrogens is 398 g/mol. The normalized spacial score (nSPS) is 10.3. The number of hydrogen-bond donors (Lipinski definition) is 3. The average molecular weight is 414 g/mol. The maximum absolute atomic E-state index is 11.3. The van der Waals surface area contributed by atoms with Gasteiger partial charge in [0.05, 0.1) is 29.7 Å². The maximum atomic E-state index is 11.3. The lowest BCUT2D eigenvalue weighted by molar-refractivity contribution is -0.00000522. The summed E-state index contributed by atoms with van der Waals surface area (Å²) in [5.41, 5.74) is 3.31. The first-order valence-corrected chi connectivity index (χ1v) is 7.76. The van der Waals surface area contributed by atoms with Gasteiger partial charge in [-0.05, 0) is 51.8 Å². The predicted molar refractivity (Wildman–Crippen MR) is 93.5 cm³/mol. The van der Waals surface area contributed by atoms with Gasteiger partial charge in [0.15, 0.2) is 11.5 Å². The first-order valence-electron chi connectivity index (χ1n) is 6.97. The first kappa shape index (κ1) is 18.2. The van der Waals surface area contributed by atoms with Crippen molar-refractivity contribution in [3.05, 3.63) is 50.9 Å². The van der Waals surface area contributed by atoms with Crippen LogP contribution in [0.2, 0.25) is 0 Å². The summed E-state index contributed by atoms with van der Waals surface area (Å²) in [6, 6.07) is 9.57. The predicted octanol–water partition coefficient (Wildman–Crippen LogP) is 0.252. The summed E-state index contributed by atoms with van der Waals surface area (Å²) in [7, 11) is 3.21. The number of halogens is 2. The number of aromatic amines is 2. The fourth-order valence-electron chi connectivity index (χ4n) is 2.42. The Kier molecular flexibility index (Phi) is 5.80. The van der Waals surface area contributed by atoms with Crippen molar-refractivity contribution in [3.63, 3.8) is 0 Å². The van der Waals surface area contributed by atoms with Gasteiger partial charge in [-0.15, -0.1) is 0 Å². The van der Waals surface area contributed by atoms with E-state index in [2.05, 4.69) is 31.2 Å². The summed E-state index contributed by atoms with van der Waals surface area (Å²) < 4.78 is 11.5.